The van der Waals surface area contributed by atoms with Crippen molar-refractivity contribution in [1.29, 1.82) is 0 Å². The van der Waals surface area contributed by atoms with E-state index < -0.39 is 11.7 Å². The summed E-state index contributed by atoms with van der Waals surface area (Å²) in [6.45, 7) is 2.29. The molecule has 0 aromatic heterocycles. The highest BCUT2D eigenvalue weighted by molar-refractivity contribution is 5.39. The Morgan fingerprint density at radius 1 is 1.35 bits per heavy atom. The van der Waals surface area contributed by atoms with Crippen molar-refractivity contribution in [2.45, 2.75) is 44.8 Å². The molecule has 1 fully saturated rings. The molecular weight excluding hydrogens is 267 g/mol. The zero-order valence-corrected chi connectivity index (χ0v) is 11.5. The number of nitrogens with two attached hydrogens (primary N) is 1. The minimum Gasteiger partial charge on any atom is -0.493 e. The lowest BCUT2D eigenvalue weighted by molar-refractivity contribution is -0.139. The lowest BCUT2D eigenvalue weighted by Crippen LogP contribution is -2.21. The molecule has 1 aromatic carbocycles. The first-order chi connectivity index (χ1) is 9.40. The molecule has 0 heterocycles. The number of hydrogen-bond acceptors (Lipinski definition) is 2. The SMILES string of the molecule is CCC(N)Cc1ccc(OCC2CC2)c(C(F)(F)F)c1. The number of halogens is 3. The van der Waals surface area contributed by atoms with E-state index in [4.69, 9.17) is 10.5 Å². The number of alkyl halides is 3. The summed E-state index contributed by atoms with van der Waals surface area (Å²) >= 11 is 0. The fourth-order valence-corrected chi connectivity index (χ4v) is 1.99. The van der Waals surface area contributed by atoms with Crippen LogP contribution in [0.2, 0.25) is 0 Å². The summed E-state index contributed by atoms with van der Waals surface area (Å²) in [5, 5.41) is 0. The van der Waals surface area contributed by atoms with Crippen molar-refractivity contribution in [2.75, 3.05) is 6.61 Å². The van der Waals surface area contributed by atoms with Crippen molar-refractivity contribution < 1.29 is 17.9 Å². The maximum atomic E-state index is 13.1. The van der Waals surface area contributed by atoms with E-state index in [1.165, 1.54) is 6.07 Å². The van der Waals surface area contributed by atoms with Crippen molar-refractivity contribution in [1.82, 2.24) is 0 Å². The fraction of sp³-hybridized carbons (Fsp3) is 0.600. The Morgan fingerprint density at radius 3 is 2.60 bits per heavy atom. The average Bonchev–Trinajstić information content (AvgIpc) is 3.20. The second-order valence-corrected chi connectivity index (χ2v) is 5.46. The molecule has 20 heavy (non-hydrogen) atoms. The number of ether oxygens (including phenoxy) is 1. The van der Waals surface area contributed by atoms with Crippen LogP contribution in [0.25, 0.3) is 0 Å². The Balaban J connectivity index is 2.17. The highest BCUT2D eigenvalue weighted by atomic mass is 19.4. The smallest absolute Gasteiger partial charge is 0.419 e. The second-order valence-electron chi connectivity index (χ2n) is 5.46. The molecule has 2 rings (SSSR count). The van der Waals surface area contributed by atoms with Crippen molar-refractivity contribution in [3.63, 3.8) is 0 Å². The normalized spacial score (nSPS) is 17.1. The number of rotatable bonds is 6. The van der Waals surface area contributed by atoms with Crippen LogP contribution in [-0.4, -0.2) is 12.6 Å². The van der Waals surface area contributed by atoms with Gasteiger partial charge in [-0.2, -0.15) is 13.2 Å². The Bertz CT molecular complexity index is 455. The topological polar surface area (TPSA) is 35.2 Å². The third-order valence-electron chi connectivity index (χ3n) is 3.54. The van der Waals surface area contributed by atoms with E-state index in [2.05, 4.69) is 0 Å². The summed E-state index contributed by atoms with van der Waals surface area (Å²) in [5.74, 6) is 0.350. The van der Waals surface area contributed by atoms with Gasteiger partial charge >= 0.3 is 6.18 Å². The van der Waals surface area contributed by atoms with Crippen LogP contribution < -0.4 is 10.5 Å². The van der Waals surface area contributed by atoms with Crippen molar-refractivity contribution >= 4 is 0 Å². The molecule has 0 radical (unpaired) electrons. The number of benzene rings is 1. The third-order valence-corrected chi connectivity index (χ3v) is 3.54. The fourth-order valence-electron chi connectivity index (χ4n) is 1.99. The van der Waals surface area contributed by atoms with Crippen LogP contribution >= 0.6 is 0 Å². The van der Waals surface area contributed by atoms with Gasteiger partial charge in [0, 0.05) is 6.04 Å². The van der Waals surface area contributed by atoms with E-state index in [1.54, 1.807) is 6.07 Å². The first-order valence-electron chi connectivity index (χ1n) is 6.98. The molecule has 5 heteroatoms. The molecule has 1 aliphatic carbocycles. The second kappa shape index (κ2) is 6.04. The molecule has 1 aromatic rings. The standard InChI is InChI=1S/C15H20F3NO/c1-2-12(19)7-11-5-6-14(20-9-10-3-4-10)13(8-11)15(16,17)18/h5-6,8,10,12H,2-4,7,9,19H2,1H3. The molecule has 0 amide bonds. The molecule has 0 saturated heterocycles. The van der Waals surface area contributed by atoms with E-state index in [0.717, 1.165) is 25.3 Å². The first kappa shape index (κ1) is 15.2. The largest absolute Gasteiger partial charge is 0.493 e. The van der Waals surface area contributed by atoms with Crippen LogP contribution in [0.1, 0.15) is 37.3 Å². The predicted molar refractivity (Wildman–Crippen MR) is 71.6 cm³/mol. The minimum absolute atomic E-state index is 0.0711. The van der Waals surface area contributed by atoms with Crippen LogP contribution in [0.3, 0.4) is 0 Å². The number of hydrogen-bond donors (Lipinski definition) is 1. The summed E-state index contributed by atoms with van der Waals surface area (Å²) in [6, 6.07) is 4.14. The van der Waals surface area contributed by atoms with E-state index in [1.807, 2.05) is 6.92 Å². The summed E-state index contributed by atoms with van der Waals surface area (Å²) in [4.78, 5) is 0. The van der Waals surface area contributed by atoms with Crippen molar-refractivity contribution in [3.8, 4) is 5.75 Å². The maximum Gasteiger partial charge on any atom is 0.419 e. The molecule has 0 bridgehead atoms. The molecule has 1 unspecified atom stereocenters. The van der Waals surface area contributed by atoms with Gasteiger partial charge < -0.3 is 10.5 Å². The molecule has 0 spiro atoms. The van der Waals surface area contributed by atoms with Gasteiger partial charge in [-0.15, -0.1) is 0 Å². The monoisotopic (exact) mass is 287 g/mol. The van der Waals surface area contributed by atoms with Gasteiger partial charge in [0.1, 0.15) is 5.75 Å². The van der Waals surface area contributed by atoms with Gasteiger partial charge in [0.15, 0.2) is 0 Å². The van der Waals surface area contributed by atoms with Crippen LogP contribution in [-0.2, 0) is 12.6 Å². The van der Waals surface area contributed by atoms with Gasteiger partial charge in [-0.1, -0.05) is 13.0 Å². The first-order valence-corrected chi connectivity index (χ1v) is 6.98. The molecule has 0 aliphatic heterocycles. The van der Waals surface area contributed by atoms with Crippen LogP contribution in [0.15, 0.2) is 18.2 Å². The van der Waals surface area contributed by atoms with Gasteiger partial charge in [-0.25, -0.2) is 0 Å². The minimum atomic E-state index is -4.40. The zero-order valence-electron chi connectivity index (χ0n) is 11.5. The van der Waals surface area contributed by atoms with Gasteiger partial charge in [0.05, 0.1) is 12.2 Å². The highest BCUT2D eigenvalue weighted by Gasteiger charge is 2.35. The van der Waals surface area contributed by atoms with Gasteiger partial charge in [0.25, 0.3) is 0 Å². The summed E-state index contributed by atoms with van der Waals surface area (Å²) in [6.07, 6.45) is -1.12. The summed E-state index contributed by atoms with van der Waals surface area (Å²) < 4.78 is 44.6. The highest BCUT2D eigenvalue weighted by Crippen LogP contribution is 2.38. The molecule has 1 aliphatic rings. The van der Waals surface area contributed by atoms with Crippen molar-refractivity contribution in [2.24, 2.45) is 11.7 Å². The quantitative estimate of drug-likeness (QED) is 0.864. The van der Waals surface area contributed by atoms with Gasteiger partial charge in [-0.05, 0) is 49.3 Å². The Kier molecular flexibility index (Phi) is 4.58. The Morgan fingerprint density at radius 2 is 2.05 bits per heavy atom. The molecule has 2 N–H and O–H groups in total. The lowest BCUT2D eigenvalue weighted by atomic mass is 10.0. The molecule has 1 saturated carbocycles. The van der Waals surface area contributed by atoms with Crippen LogP contribution in [0.5, 0.6) is 5.75 Å². The predicted octanol–water partition coefficient (Wildman–Crippen LogP) is 3.77. The maximum absolute atomic E-state index is 13.1. The van der Waals surface area contributed by atoms with Crippen LogP contribution in [0, 0.1) is 5.92 Å². The zero-order chi connectivity index (χ0) is 14.8. The molecule has 112 valence electrons. The van der Waals surface area contributed by atoms with E-state index >= 15 is 0 Å². The van der Waals surface area contributed by atoms with Gasteiger partial charge in [0.2, 0.25) is 0 Å². The molecule has 1 atom stereocenters. The Labute approximate surface area is 117 Å². The van der Waals surface area contributed by atoms with E-state index in [0.29, 0.717) is 24.5 Å². The van der Waals surface area contributed by atoms with E-state index in [-0.39, 0.29) is 11.8 Å². The summed E-state index contributed by atoms with van der Waals surface area (Å²) in [5.41, 5.74) is 5.70. The third kappa shape index (κ3) is 4.13. The average molecular weight is 287 g/mol. The molecular formula is C15H20F3NO. The molecule has 2 nitrogen and oxygen atoms in total. The van der Waals surface area contributed by atoms with E-state index in [9.17, 15) is 13.2 Å². The lowest BCUT2D eigenvalue weighted by Gasteiger charge is -2.16. The van der Waals surface area contributed by atoms with Gasteiger partial charge in [-0.3, -0.25) is 0 Å². The summed E-state index contributed by atoms with van der Waals surface area (Å²) in [7, 11) is 0. The van der Waals surface area contributed by atoms with Crippen LogP contribution in [0.4, 0.5) is 13.2 Å². The Hall–Kier alpha value is -1.23. The van der Waals surface area contributed by atoms with Crippen molar-refractivity contribution in [3.05, 3.63) is 29.3 Å².